The van der Waals surface area contributed by atoms with Crippen molar-refractivity contribution in [3.63, 3.8) is 0 Å². The molecule has 20 heavy (non-hydrogen) atoms. The summed E-state index contributed by atoms with van der Waals surface area (Å²) < 4.78 is 38.6. The zero-order valence-corrected chi connectivity index (χ0v) is 12.7. The molecule has 1 aromatic heterocycles. The monoisotopic (exact) mass is 334 g/mol. The molecule has 1 N–H and O–H groups in total. The van der Waals surface area contributed by atoms with E-state index in [-0.39, 0.29) is 11.6 Å². The Hall–Kier alpha value is -1.18. The van der Waals surface area contributed by atoms with E-state index in [9.17, 15) is 12.8 Å². The first-order chi connectivity index (χ1) is 9.50. The number of benzene rings is 1. The van der Waals surface area contributed by atoms with Crippen LogP contribution >= 0.6 is 22.9 Å². The fourth-order valence-electron chi connectivity index (χ4n) is 1.50. The van der Waals surface area contributed by atoms with Gasteiger partial charge in [-0.1, -0.05) is 0 Å². The van der Waals surface area contributed by atoms with Gasteiger partial charge in [0, 0.05) is 16.8 Å². The third-order valence-electron chi connectivity index (χ3n) is 2.43. The zero-order chi connectivity index (χ0) is 14.6. The zero-order valence-electron chi connectivity index (χ0n) is 10.3. The molecular weight excluding hydrogens is 323 g/mol. The van der Waals surface area contributed by atoms with Crippen molar-refractivity contribution in [2.75, 3.05) is 16.4 Å². The van der Waals surface area contributed by atoms with E-state index >= 15 is 0 Å². The number of halogens is 2. The normalized spacial score (nSPS) is 11.5. The first kappa shape index (κ1) is 15.2. The highest BCUT2D eigenvalue weighted by Crippen LogP contribution is 2.25. The number of sulfonamides is 1. The van der Waals surface area contributed by atoms with Crippen molar-refractivity contribution in [1.29, 1.82) is 0 Å². The van der Waals surface area contributed by atoms with Gasteiger partial charge in [-0.2, -0.15) is 0 Å². The molecule has 0 bridgehead atoms. The molecule has 0 aliphatic carbocycles. The van der Waals surface area contributed by atoms with Gasteiger partial charge in [0.2, 0.25) is 10.0 Å². The quantitative estimate of drug-likeness (QED) is 0.824. The Morgan fingerprint density at radius 3 is 2.65 bits per heavy atom. The van der Waals surface area contributed by atoms with Gasteiger partial charge < -0.3 is 0 Å². The number of thiazole rings is 1. The predicted octanol–water partition coefficient (Wildman–Crippen LogP) is 3.32. The number of hydrogen-bond donors (Lipinski definition) is 1. The molecule has 0 fully saturated rings. The first-order valence-corrected chi connectivity index (χ1v) is 8.85. The average molecular weight is 335 g/mol. The smallest absolute Gasteiger partial charge is 0.234 e. The van der Waals surface area contributed by atoms with E-state index in [2.05, 4.69) is 9.71 Å². The van der Waals surface area contributed by atoms with Crippen LogP contribution in [-0.4, -0.2) is 25.0 Å². The summed E-state index contributed by atoms with van der Waals surface area (Å²) in [5.74, 6) is -0.0762. The summed E-state index contributed by atoms with van der Waals surface area (Å²) in [6, 6.07) is 5.85. The second-order valence-electron chi connectivity index (χ2n) is 4.01. The highest BCUT2D eigenvalue weighted by Gasteiger charge is 2.13. The molecule has 0 saturated heterocycles. The van der Waals surface area contributed by atoms with Gasteiger partial charge in [0.05, 0.1) is 11.4 Å². The van der Waals surface area contributed by atoms with Gasteiger partial charge >= 0.3 is 0 Å². The van der Waals surface area contributed by atoms with E-state index in [0.29, 0.717) is 23.1 Å². The SMILES string of the molecule is O=S(=O)(CCCCl)Nc1nc(-c2ccc(F)cc2)cs1. The number of anilines is 1. The van der Waals surface area contributed by atoms with Gasteiger partial charge in [-0.3, -0.25) is 4.72 Å². The molecule has 1 heterocycles. The summed E-state index contributed by atoms with van der Waals surface area (Å²) in [5, 5.41) is 2.01. The molecule has 0 atom stereocenters. The Kier molecular flexibility index (Phi) is 4.95. The lowest BCUT2D eigenvalue weighted by Crippen LogP contribution is -2.16. The van der Waals surface area contributed by atoms with Crippen molar-refractivity contribution in [1.82, 2.24) is 4.98 Å². The maximum Gasteiger partial charge on any atom is 0.234 e. The predicted molar refractivity (Wildman–Crippen MR) is 80.3 cm³/mol. The Labute approximate surface area is 125 Å². The van der Waals surface area contributed by atoms with Gasteiger partial charge in [0.1, 0.15) is 5.82 Å². The number of alkyl halides is 1. The lowest BCUT2D eigenvalue weighted by molar-refractivity contribution is 0.600. The number of hydrogen-bond acceptors (Lipinski definition) is 4. The van der Waals surface area contributed by atoms with Gasteiger partial charge in [0.25, 0.3) is 0 Å². The summed E-state index contributed by atoms with van der Waals surface area (Å²) in [7, 11) is -3.42. The van der Waals surface area contributed by atoms with Crippen LogP contribution in [0.15, 0.2) is 29.6 Å². The molecule has 0 aliphatic rings. The van der Waals surface area contributed by atoms with Crippen molar-refractivity contribution in [3.8, 4) is 11.3 Å². The Bertz CT molecular complexity index is 671. The van der Waals surface area contributed by atoms with Crippen molar-refractivity contribution in [2.45, 2.75) is 6.42 Å². The van der Waals surface area contributed by atoms with E-state index in [4.69, 9.17) is 11.6 Å². The molecule has 2 rings (SSSR count). The molecule has 0 saturated carbocycles. The lowest BCUT2D eigenvalue weighted by atomic mass is 10.2. The number of aromatic nitrogens is 1. The third-order valence-corrected chi connectivity index (χ3v) is 4.92. The van der Waals surface area contributed by atoms with Crippen molar-refractivity contribution < 1.29 is 12.8 Å². The van der Waals surface area contributed by atoms with Crippen molar-refractivity contribution in [3.05, 3.63) is 35.5 Å². The van der Waals surface area contributed by atoms with E-state index in [0.717, 1.165) is 5.56 Å². The minimum atomic E-state index is -3.42. The summed E-state index contributed by atoms with van der Waals surface area (Å²) in [4.78, 5) is 4.18. The van der Waals surface area contributed by atoms with Crippen LogP contribution in [0.5, 0.6) is 0 Å². The van der Waals surface area contributed by atoms with Gasteiger partial charge in [-0.25, -0.2) is 17.8 Å². The largest absolute Gasteiger partial charge is 0.259 e. The minimum absolute atomic E-state index is 0.0397. The minimum Gasteiger partial charge on any atom is -0.259 e. The lowest BCUT2D eigenvalue weighted by Gasteiger charge is -2.03. The summed E-state index contributed by atoms with van der Waals surface area (Å²) in [5.41, 5.74) is 1.33. The molecule has 0 spiro atoms. The van der Waals surface area contributed by atoms with Crippen LogP contribution in [0.2, 0.25) is 0 Å². The molecule has 108 valence electrons. The number of nitrogens with zero attached hydrogens (tertiary/aromatic N) is 1. The van der Waals surface area contributed by atoms with Crippen LogP contribution in [0.1, 0.15) is 6.42 Å². The Balaban J connectivity index is 2.11. The number of nitrogens with one attached hydrogen (secondary N) is 1. The molecule has 1 aromatic carbocycles. The van der Waals surface area contributed by atoms with Crippen LogP contribution in [0.3, 0.4) is 0 Å². The fraction of sp³-hybridized carbons (Fsp3) is 0.250. The molecule has 2 aromatic rings. The summed E-state index contributed by atoms with van der Waals surface area (Å²) in [6.45, 7) is 0. The van der Waals surface area contributed by atoms with Crippen LogP contribution in [0.4, 0.5) is 9.52 Å². The van der Waals surface area contributed by atoms with Crippen molar-refractivity contribution in [2.24, 2.45) is 0 Å². The molecule has 4 nitrogen and oxygen atoms in total. The molecule has 0 unspecified atom stereocenters. The van der Waals surface area contributed by atoms with Crippen LogP contribution in [-0.2, 0) is 10.0 Å². The Morgan fingerprint density at radius 1 is 1.30 bits per heavy atom. The number of rotatable bonds is 6. The van der Waals surface area contributed by atoms with Crippen LogP contribution in [0.25, 0.3) is 11.3 Å². The second-order valence-corrected chi connectivity index (χ2v) is 7.09. The third kappa shape index (κ3) is 4.16. The molecule has 8 heteroatoms. The van der Waals surface area contributed by atoms with Gasteiger partial charge in [-0.05, 0) is 30.7 Å². The fourth-order valence-corrected chi connectivity index (χ4v) is 3.87. The van der Waals surface area contributed by atoms with Crippen LogP contribution in [0, 0.1) is 5.82 Å². The average Bonchev–Trinajstić information content (AvgIpc) is 2.85. The molecule has 0 amide bonds. The summed E-state index contributed by atoms with van der Waals surface area (Å²) >= 11 is 6.65. The van der Waals surface area contributed by atoms with Gasteiger partial charge in [0.15, 0.2) is 5.13 Å². The first-order valence-electron chi connectivity index (χ1n) is 5.78. The van der Waals surface area contributed by atoms with E-state index < -0.39 is 10.0 Å². The topological polar surface area (TPSA) is 59.1 Å². The highest BCUT2D eigenvalue weighted by molar-refractivity contribution is 7.92. The van der Waals surface area contributed by atoms with E-state index in [1.807, 2.05) is 0 Å². The maximum atomic E-state index is 12.8. The highest BCUT2D eigenvalue weighted by atomic mass is 35.5. The second kappa shape index (κ2) is 6.51. The van der Waals surface area contributed by atoms with Crippen molar-refractivity contribution >= 4 is 38.1 Å². The Morgan fingerprint density at radius 2 is 2.00 bits per heavy atom. The maximum absolute atomic E-state index is 12.8. The van der Waals surface area contributed by atoms with Gasteiger partial charge in [-0.15, -0.1) is 22.9 Å². The van der Waals surface area contributed by atoms with Crippen LogP contribution < -0.4 is 4.72 Å². The molecule has 0 radical (unpaired) electrons. The van der Waals surface area contributed by atoms with E-state index in [1.54, 1.807) is 17.5 Å². The standard InChI is InChI=1S/C12H12ClFN2O2S2/c13-6-1-7-20(17,18)16-12-15-11(8-19-12)9-2-4-10(14)5-3-9/h2-5,8H,1,6-7H2,(H,15,16). The molecule has 0 aliphatic heterocycles. The summed E-state index contributed by atoms with van der Waals surface area (Å²) in [6.07, 6.45) is 0.382. The molecular formula is C12H12ClFN2O2S2. The van der Waals surface area contributed by atoms with E-state index in [1.165, 1.54) is 23.5 Å².